The number of rotatable bonds is 12. The van der Waals surface area contributed by atoms with Gasteiger partial charge in [-0.25, -0.2) is 8.42 Å². The zero-order valence-electron chi connectivity index (χ0n) is 21.1. The van der Waals surface area contributed by atoms with Crippen LogP contribution in [0.25, 0.3) is 11.0 Å². The molecule has 1 aromatic carbocycles. The van der Waals surface area contributed by atoms with Crippen LogP contribution in [0.5, 0.6) is 0 Å². The quantitative estimate of drug-likeness (QED) is 0.382. The number of nitrogens with zero attached hydrogens (tertiary/aromatic N) is 2. The van der Waals surface area contributed by atoms with E-state index in [0.29, 0.717) is 29.8 Å². The summed E-state index contributed by atoms with van der Waals surface area (Å²) in [6, 6.07) is 10.2. The van der Waals surface area contributed by atoms with E-state index < -0.39 is 27.9 Å². The third-order valence-corrected chi connectivity index (χ3v) is 6.86. The summed E-state index contributed by atoms with van der Waals surface area (Å²) in [6.45, 7) is 9.02. The lowest BCUT2D eigenvalue weighted by molar-refractivity contribution is -0.136. The molecule has 0 radical (unpaired) electrons. The summed E-state index contributed by atoms with van der Waals surface area (Å²) in [7, 11) is -4.11. The third-order valence-electron chi connectivity index (χ3n) is 5.39. The van der Waals surface area contributed by atoms with E-state index in [-0.39, 0.29) is 29.7 Å². The topological polar surface area (TPSA) is 122 Å². The smallest absolute Gasteiger partial charge is 0.241 e. The van der Waals surface area contributed by atoms with Gasteiger partial charge in [-0.15, -0.1) is 0 Å². The number of hydrogen-bond donors (Lipinski definition) is 2. The van der Waals surface area contributed by atoms with Gasteiger partial charge >= 0.3 is 0 Å². The zero-order valence-corrected chi connectivity index (χ0v) is 21.9. The van der Waals surface area contributed by atoms with E-state index in [1.807, 2.05) is 33.8 Å². The van der Waals surface area contributed by atoms with E-state index in [0.717, 1.165) is 0 Å². The summed E-state index contributed by atoms with van der Waals surface area (Å²) in [5.74, 6) is -0.544. The monoisotopic (exact) mass is 514 g/mol. The van der Waals surface area contributed by atoms with Crippen LogP contribution in [-0.2, 0) is 26.2 Å². The third kappa shape index (κ3) is 7.63. The van der Waals surface area contributed by atoms with Gasteiger partial charge in [0.15, 0.2) is 0 Å². The second kappa shape index (κ2) is 12.1. The van der Waals surface area contributed by atoms with Crippen molar-refractivity contribution in [2.24, 2.45) is 11.8 Å². The fraction of sp³-hybridized carbons (Fsp3) is 0.423. The van der Waals surface area contributed by atoms with Gasteiger partial charge in [-0.05, 0) is 48.2 Å². The van der Waals surface area contributed by atoms with Crippen molar-refractivity contribution in [2.45, 2.75) is 51.6 Å². The minimum Gasteiger partial charge on any atom is -0.464 e. The van der Waals surface area contributed by atoms with Crippen molar-refractivity contribution in [1.82, 2.24) is 19.9 Å². The van der Waals surface area contributed by atoms with Crippen LogP contribution < -0.4 is 10.0 Å². The molecule has 1 atom stereocenters. The number of pyridine rings is 1. The van der Waals surface area contributed by atoms with Crippen LogP contribution in [0.15, 0.2) is 64.2 Å². The number of amides is 2. The normalized spacial score (nSPS) is 12.7. The fourth-order valence-electron chi connectivity index (χ4n) is 3.85. The minimum absolute atomic E-state index is 0.0117. The lowest BCUT2D eigenvalue weighted by Gasteiger charge is -2.30. The van der Waals surface area contributed by atoms with E-state index in [4.69, 9.17) is 4.42 Å². The van der Waals surface area contributed by atoms with Crippen LogP contribution in [0, 0.1) is 11.8 Å². The molecule has 2 amide bonds. The molecule has 2 heterocycles. The highest BCUT2D eigenvalue weighted by molar-refractivity contribution is 7.89. The lowest BCUT2D eigenvalue weighted by atomic mass is 10.1. The Balaban J connectivity index is 1.84. The maximum Gasteiger partial charge on any atom is 0.241 e. The summed E-state index contributed by atoms with van der Waals surface area (Å²) in [5.41, 5.74) is 1.21. The first-order chi connectivity index (χ1) is 17.0. The number of aromatic nitrogens is 1. The maximum absolute atomic E-state index is 13.6. The Labute approximate surface area is 212 Å². The van der Waals surface area contributed by atoms with Crippen molar-refractivity contribution < 1.29 is 22.4 Å². The van der Waals surface area contributed by atoms with Crippen molar-refractivity contribution >= 4 is 32.8 Å². The van der Waals surface area contributed by atoms with Crippen molar-refractivity contribution in [3.8, 4) is 0 Å². The zero-order chi connectivity index (χ0) is 26.3. The fourth-order valence-corrected chi connectivity index (χ4v) is 5.08. The minimum atomic E-state index is -4.11. The van der Waals surface area contributed by atoms with Gasteiger partial charge in [0.1, 0.15) is 11.6 Å². The van der Waals surface area contributed by atoms with Crippen molar-refractivity contribution in [2.75, 3.05) is 13.1 Å². The molecule has 10 heteroatoms. The van der Waals surface area contributed by atoms with Gasteiger partial charge in [0, 0.05) is 24.7 Å². The number of carbonyl (C=O) groups is 2. The second-order valence-corrected chi connectivity index (χ2v) is 11.3. The number of sulfonamides is 1. The molecule has 0 spiro atoms. The van der Waals surface area contributed by atoms with E-state index in [1.54, 1.807) is 35.4 Å². The highest BCUT2D eigenvalue weighted by atomic mass is 32.2. The first-order valence-electron chi connectivity index (χ1n) is 12.0. The van der Waals surface area contributed by atoms with Gasteiger partial charge in [-0.1, -0.05) is 33.8 Å². The first kappa shape index (κ1) is 27.3. The number of fused-ring (bicyclic) bond motifs is 1. The van der Waals surface area contributed by atoms with Gasteiger partial charge < -0.3 is 14.6 Å². The summed E-state index contributed by atoms with van der Waals surface area (Å²) in [6.07, 6.45) is 2.75. The average molecular weight is 515 g/mol. The summed E-state index contributed by atoms with van der Waals surface area (Å²) < 4.78 is 34.4. The average Bonchev–Trinajstić information content (AvgIpc) is 3.29. The van der Waals surface area contributed by atoms with Gasteiger partial charge in [-0.2, -0.15) is 4.72 Å². The van der Waals surface area contributed by atoms with Crippen molar-refractivity contribution in [3.05, 3.63) is 60.6 Å². The molecular weight excluding hydrogens is 480 g/mol. The molecule has 9 nitrogen and oxygen atoms in total. The molecule has 0 bridgehead atoms. The highest BCUT2D eigenvalue weighted by Gasteiger charge is 2.32. The highest BCUT2D eigenvalue weighted by Crippen LogP contribution is 2.21. The molecule has 0 aliphatic heterocycles. The van der Waals surface area contributed by atoms with Gasteiger partial charge in [-0.3, -0.25) is 14.6 Å². The molecule has 2 N–H and O–H groups in total. The Morgan fingerprint density at radius 2 is 1.75 bits per heavy atom. The number of nitrogens with one attached hydrogen (secondary N) is 2. The van der Waals surface area contributed by atoms with Crippen LogP contribution in [0.2, 0.25) is 0 Å². The molecule has 3 aromatic rings. The van der Waals surface area contributed by atoms with Crippen LogP contribution in [-0.4, -0.2) is 49.2 Å². The number of hydrogen-bond acceptors (Lipinski definition) is 6. The predicted molar refractivity (Wildman–Crippen MR) is 137 cm³/mol. The van der Waals surface area contributed by atoms with Gasteiger partial charge in [0.2, 0.25) is 21.8 Å². The number of benzene rings is 1. The van der Waals surface area contributed by atoms with E-state index in [9.17, 15) is 18.0 Å². The number of furan rings is 1. The molecule has 0 unspecified atom stereocenters. The Bertz CT molecular complexity index is 1260. The standard InChI is InChI=1S/C26H34N4O5S/c1-18(2)16-30(17-19(3)4)26(32)23(14-25(31)28-15-21-7-5-6-11-27-21)29-36(33,34)22-8-9-24-20(13-22)10-12-35-24/h5-13,18-19,23,29H,14-17H2,1-4H3,(H,28,31)/t23-/m0/s1. The predicted octanol–water partition coefficient (Wildman–Crippen LogP) is 3.32. The van der Waals surface area contributed by atoms with Crippen LogP contribution in [0.3, 0.4) is 0 Å². The van der Waals surface area contributed by atoms with Crippen LogP contribution >= 0.6 is 0 Å². The van der Waals surface area contributed by atoms with E-state index in [2.05, 4.69) is 15.0 Å². The maximum atomic E-state index is 13.6. The molecule has 0 saturated carbocycles. The molecule has 36 heavy (non-hydrogen) atoms. The van der Waals surface area contributed by atoms with Gasteiger partial charge in [0.25, 0.3) is 0 Å². The molecule has 2 aromatic heterocycles. The second-order valence-electron chi connectivity index (χ2n) is 9.63. The Morgan fingerprint density at radius 1 is 1.03 bits per heavy atom. The molecule has 194 valence electrons. The largest absolute Gasteiger partial charge is 0.464 e. The molecule has 3 rings (SSSR count). The summed E-state index contributed by atoms with van der Waals surface area (Å²) in [5, 5.41) is 3.35. The van der Waals surface area contributed by atoms with Gasteiger partial charge in [0.05, 0.1) is 29.8 Å². The van der Waals surface area contributed by atoms with Crippen molar-refractivity contribution in [1.29, 1.82) is 0 Å². The Morgan fingerprint density at radius 3 is 2.39 bits per heavy atom. The lowest BCUT2D eigenvalue weighted by Crippen LogP contribution is -2.52. The summed E-state index contributed by atoms with van der Waals surface area (Å²) >= 11 is 0. The van der Waals surface area contributed by atoms with Crippen LogP contribution in [0.1, 0.15) is 39.8 Å². The Kier molecular flexibility index (Phi) is 9.22. The molecule has 0 aliphatic rings. The number of carbonyl (C=O) groups excluding carboxylic acids is 2. The molecular formula is C26H34N4O5S. The first-order valence-corrected chi connectivity index (χ1v) is 13.5. The van der Waals surface area contributed by atoms with E-state index in [1.165, 1.54) is 18.4 Å². The van der Waals surface area contributed by atoms with Crippen LogP contribution in [0.4, 0.5) is 0 Å². The summed E-state index contributed by atoms with van der Waals surface area (Å²) in [4.78, 5) is 32.2. The molecule has 0 aliphatic carbocycles. The van der Waals surface area contributed by atoms with E-state index >= 15 is 0 Å². The molecule has 0 saturated heterocycles. The van der Waals surface area contributed by atoms with Crippen molar-refractivity contribution in [3.63, 3.8) is 0 Å². The Hall–Kier alpha value is -3.24. The molecule has 0 fully saturated rings. The SMILES string of the molecule is CC(C)CN(CC(C)C)C(=O)[C@H](CC(=O)NCc1ccccn1)NS(=O)(=O)c1ccc2occc2c1.